The Balaban J connectivity index is 1.18. The first-order chi connectivity index (χ1) is 20.9. The average molecular weight is 587 g/mol. The maximum Gasteiger partial charge on any atom is 0.225 e. The molecular weight excluding hydrogens is 543 g/mol. The molecule has 0 saturated carbocycles. The molecule has 3 aliphatic rings. The molecule has 3 atom stereocenters. The lowest BCUT2D eigenvalue weighted by Gasteiger charge is -2.49. The van der Waals surface area contributed by atoms with Crippen molar-refractivity contribution >= 4 is 5.91 Å². The highest BCUT2D eigenvalue weighted by Crippen LogP contribution is 2.51. The summed E-state index contributed by atoms with van der Waals surface area (Å²) >= 11 is 0. The maximum absolute atomic E-state index is 14.6. The highest BCUT2D eigenvalue weighted by Gasteiger charge is 2.48. The number of fused-ring (bicyclic) bond motifs is 3. The third kappa shape index (κ3) is 6.95. The van der Waals surface area contributed by atoms with E-state index in [0.717, 1.165) is 74.6 Å². The molecule has 0 N–H and O–H groups in total. The fourth-order valence-corrected chi connectivity index (χ4v) is 6.83. The Morgan fingerprint density at radius 3 is 2.53 bits per heavy atom. The van der Waals surface area contributed by atoms with Gasteiger partial charge in [-0.1, -0.05) is 54.6 Å². The maximum atomic E-state index is 14.6. The third-order valence-electron chi connectivity index (χ3n) is 9.27. The van der Waals surface area contributed by atoms with Gasteiger partial charge < -0.3 is 19.1 Å². The zero-order chi connectivity index (χ0) is 29.8. The zero-order valence-electron chi connectivity index (χ0n) is 25.3. The minimum Gasteiger partial charge on any atom is -0.487 e. The van der Waals surface area contributed by atoms with Crippen LogP contribution in [0.4, 0.5) is 4.39 Å². The number of carbonyl (C=O) groups excluding carboxylic acids is 1. The first-order valence-corrected chi connectivity index (χ1v) is 15.7. The molecule has 2 saturated heterocycles. The van der Waals surface area contributed by atoms with E-state index < -0.39 is 0 Å². The molecule has 0 bridgehead atoms. The van der Waals surface area contributed by atoms with Crippen LogP contribution in [0.2, 0.25) is 0 Å². The van der Waals surface area contributed by atoms with Crippen molar-refractivity contribution in [2.75, 3.05) is 39.4 Å². The molecule has 3 heterocycles. The number of ether oxygens (including phenoxy) is 3. The van der Waals surface area contributed by atoms with Crippen molar-refractivity contribution in [3.8, 4) is 16.9 Å². The van der Waals surface area contributed by atoms with Gasteiger partial charge in [0, 0.05) is 49.8 Å². The molecule has 0 unspecified atom stereocenters. The molecule has 0 spiro atoms. The predicted molar refractivity (Wildman–Crippen MR) is 165 cm³/mol. The van der Waals surface area contributed by atoms with Crippen LogP contribution in [0.15, 0.2) is 72.8 Å². The Morgan fingerprint density at radius 1 is 0.977 bits per heavy atom. The van der Waals surface area contributed by atoms with Gasteiger partial charge in [-0.15, -0.1) is 0 Å². The van der Waals surface area contributed by atoms with Crippen LogP contribution in [-0.4, -0.2) is 66.8 Å². The molecule has 3 aliphatic heterocycles. The van der Waals surface area contributed by atoms with E-state index in [1.807, 2.05) is 29.2 Å². The second kappa shape index (κ2) is 13.2. The van der Waals surface area contributed by atoms with Crippen molar-refractivity contribution in [1.29, 1.82) is 0 Å². The topological polar surface area (TPSA) is 51.2 Å². The highest BCUT2D eigenvalue weighted by atomic mass is 19.1. The van der Waals surface area contributed by atoms with Crippen LogP contribution < -0.4 is 4.74 Å². The number of carbonyl (C=O) groups is 1. The van der Waals surface area contributed by atoms with Crippen molar-refractivity contribution in [1.82, 2.24) is 9.80 Å². The molecular formula is C36H43FN2O4. The van der Waals surface area contributed by atoms with E-state index in [9.17, 15) is 9.18 Å². The van der Waals surface area contributed by atoms with Gasteiger partial charge in [-0.05, 0) is 62.4 Å². The van der Waals surface area contributed by atoms with Crippen molar-refractivity contribution in [2.45, 2.75) is 63.9 Å². The summed E-state index contributed by atoms with van der Waals surface area (Å²) in [6.45, 7) is 9.32. The summed E-state index contributed by atoms with van der Waals surface area (Å²) in [7, 11) is 0. The SMILES string of the molecule is CC1(C)Oc2ccc(-c3ccccc3)cc2[C@@H]2O[C@H](CC(=O)N(CCCN3CCOCC3)Cc3ccccc3F)CC[C@H]21. The Bertz CT molecular complexity index is 1390. The summed E-state index contributed by atoms with van der Waals surface area (Å²) < 4.78 is 33.4. The Morgan fingerprint density at radius 2 is 1.74 bits per heavy atom. The number of rotatable bonds is 9. The molecule has 3 aromatic carbocycles. The number of hydrogen-bond acceptors (Lipinski definition) is 5. The molecule has 228 valence electrons. The number of benzene rings is 3. The van der Waals surface area contributed by atoms with E-state index in [1.165, 1.54) is 6.07 Å². The first-order valence-electron chi connectivity index (χ1n) is 15.7. The second-order valence-electron chi connectivity index (χ2n) is 12.6. The van der Waals surface area contributed by atoms with Gasteiger partial charge in [0.05, 0.1) is 31.8 Å². The van der Waals surface area contributed by atoms with Gasteiger partial charge in [0.15, 0.2) is 0 Å². The fourth-order valence-electron chi connectivity index (χ4n) is 6.83. The quantitative estimate of drug-likeness (QED) is 0.281. The lowest BCUT2D eigenvalue weighted by molar-refractivity contribution is -0.160. The summed E-state index contributed by atoms with van der Waals surface area (Å²) in [4.78, 5) is 18.0. The Labute approximate surface area is 254 Å². The van der Waals surface area contributed by atoms with E-state index >= 15 is 0 Å². The number of nitrogens with zero attached hydrogens (tertiary/aromatic N) is 2. The van der Waals surface area contributed by atoms with Crippen molar-refractivity contribution in [3.05, 3.63) is 89.7 Å². The van der Waals surface area contributed by atoms with Gasteiger partial charge in [0.2, 0.25) is 5.91 Å². The van der Waals surface area contributed by atoms with Crippen LogP contribution in [-0.2, 0) is 20.8 Å². The van der Waals surface area contributed by atoms with Crippen LogP contribution in [0, 0.1) is 11.7 Å². The summed E-state index contributed by atoms with van der Waals surface area (Å²) in [5, 5.41) is 0. The van der Waals surface area contributed by atoms with E-state index in [-0.39, 0.29) is 48.4 Å². The molecule has 0 aromatic heterocycles. The van der Waals surface area contributed by atoms with Crippen LogP contribution >= 0.6 is 0 Å². The normalized spacial score (nSPS) is 23.1. The number of morpholine rings is 1. The molecule has 2 fully saturated rings. The van der Waals surface area contributed by atoms with Crippen LogP contribution in [0.3, 0.4) is 0 Å². The molecule has 0 aliphatic carbocycles. The van der Waals surface area contributed by atoms with Gasteiger partial charge in [-0.3, -0.25) is 9.69 Å². The van der Waals surface area contributed by atoms with Crippen LogP contribution in [0.5, 0.6) is 5.75 Å². The van der Waals surface area contributed by atoms with Crippen molar-refractivity contribution in [3.63, 3.8) is 0 Å². The third-order valence-corrected chi connectivity index (χ3v) is 9.27. The van der Waals surface area contributed by atoms with Gasteiger partial charge >= 0.3 is 0 Å². The van der Waals surface area contributed by atoms with Gasteiger partial charge in [-0.2, -0.15) is 0 Å². The summed E-state index contributed by atoms with van der Waals surface area (Å²) in [6.07, 6.45) is 2.44. The molecule has 6 nitrogen and oxygen atoms in total. The Hall–Kier alpha value is -3.26. The lowest BCUT2D eigenvalue weighted by atomic mass is 9.74. The minimum atomic E-state index is -0.378. The molecule has 6 rings (SSSR count). The molecule has 43 heavy (non-hydrogen) atoms. The largest absolute Gasteiger partial charge is 0.487 e. The fraction of sp³-hybridized carbons (Fsp3) is 0.472. The van der Waals surface area contributed by atoms with E-state index in [0.29, 0.717) is 12.1 Å². The molecule has 1 amide bonds. The van der Waals surface area contributed by atoms with Gasteiger partial charge in [0.1, 0.15) is 17.2 Å². The standard InChI is InChI=1S/C36H43FN2O4/c1-36(2)31-15-14-29(42-35(31)30-23-27(13-16-33(30)43-36)26-9-4-3-5-10-26)24-34(40)39(25-28-11-6-7-12-32(28)37)18-8-17-38-19-21-41-22-20-38/h3-7,9-13,16,23,29,31,35H,8,14-15,17-22,24-25H2,1-2H3/t29-,31+,35-/m0/s1. The van der Waals surface area contributed by atoms with Gasteiger partial charge in [0.25, 0.3) is 0 Å². The van der Waals surface area contributed by atoms with Crippen molar-refractivity contribution < 1.29 is 23.4 Å². The predicted octanol–water partition coefficient (Wildman–Crippen LogP) is 6.64. The van der Waals surface area contributed by atoms with Crippen LogP contribution in [0.25, 0.3) is 11.1 Å². The monoisotopic (exact) mass is 586 g/mol. The van der Waals surface area contributed by atoms with E-state index in [2.05, 4.69) is 49.1 Å². The summed E-state index contributed by atoms with van der Waals surface area (Å²) in [5.41, 5.74) is 3.49. The Kier molecular flexibility index (Phi) is 9.12. The number of amides is 1. The molecule has 3 aromatic rings. The van der Waals surface area contributed by atoms with Crippen molar-refractivity contribution in [2.24, 2.45) is 5.92 Å². The summed E-state index contributed by atoms with van der Waals surface area (Å²) in [6, 6.07) is 23.4. The van der Waals surface area contributed by atoms with E-state index in [1.54, 1.807) is 12.1 Å². The highest BCUT2D eigenvalue weighted by molar-refractivity contribution is 5.76. The molecule has 7 heteroatoms. The number of halogens is 1. The van der Waals surface area contributed by atoms with Gasteiger partial charge in [-0.25, -0.2) is 4.39 Å². The lowest BCUT2D eigenvalue weighted by Crippen LogP contribution is -2.49. The van der Waals surface area contributed by atoms with E-state index in [4.69, 9.17) is 14.2 Å². The molecule has 0 radical (unpaired) electrons. The number of hydrogen-bond donors (Lipinski definition) is 0. The minimum absolute atomic E-state index is 0.0123. The average Bonchev–Trinajstić information content (AvgIpc) is 3.02. The smallest absolute Gasteiger partial charge is 0.225 e. The summed E-state index contributed by atoms with van der Waals surface area (Å²) in [5.74, 6) is 0.765. The first kappa shape index (κ1) is 29.8. The van der Waals surface area contributed by atoms with Crippen LogP contribution in [0.1, 0.15) is 56.8 Å². The zero-order valence-corrected chi connectivity index (χ0v) is 25.3. The second-order valence-corrected chi connectivity index (χ2v) is 12.6.